The van der Waals surface area contributed by atoms with Crippen molar-refractivity contribution in [1.82, 2.24) is 10.2 Å². The van der Waals surface area contributed by atoms with E-state index in [-0.39, 0.29) is 35.9 Å². The molecule has 6 heteroatoms. The third-order valence-corrected chi connectivity index (χ3v) is 4.68. The van der Waals surface area contributed by atoms with E-state index in [2.05, 4.69) is 5.32 Å². The quantitative estimate of drug-likeness (QED) is 0.917. The summed E-state index contributed by atoms with van der Waals surface area (Å²) in [6.07, 6.45) is 3.27. The fourth-order valence-electron chi connectivity index (χ4n) is 2.69. The standard InChI is InChI=1S/C15H16N2O3S/c18-13-9-21-15(20)17(13)7-6-16-14(19)12-5-4-10-2-1-3-11(10)8-12/h4-5,8H,1-3,6-7,9H2,(H,16,19). The first-order valence-corrected chi connectivity index (χ1v) is 8.01. The van der Waals surface area contributed by atoms with Crippen molar-refractivity contribution in [3.8, 4) is 0 Å². The van der Waals surface area contributed by atoms with Crippen LogP contribution in [-0.4, -0.2) is 40.8 Å². The highest BCUT2D eigenvalue weighted by Gasteiger charge is 2.29. The van der Waals surface area contributed by atoms with E-state index < -0.39 is 0 Å². The van der Waals surface area contributed by atoms with Crippen molar-refractivity contribution in [3.05, 3.63) is 34.9 Å². The monoisotopic (exact) mass is 304 g/mol. The summed E-state index contributed by atoms with van der Waals surface area (Å²) in [5.74, 6) is -0.134. The lowest BCUT2D eigenvalue weighted by atomic mass is 10.1. The van der Waals surface area contributed by atoms with Gasteiger partial charge in [0, 0.05) is 18.7 Å². The van der Waals surface area contributed by atoms with Crippen molar-refractivity contribution >= 4 is 28.8 Å². The smallest absolute Gasteiger partial charge is 0.288 e. The van der Waals surface area contributed by atoms with Crippen LogP contribution in [0, 0.1) is 0 Å². The molecule has 1 saturated heterocycles. The van der Waals surface area contributed by atoms with Gasteiger partial charge in [0.2, 0.25) is 5.91 Å². The Balaban J connectivity index is 1.55. The summed E-state index contributed by atoms with van der Waals surface area (Å²) in [5.41, 5.74) is 3.23. The first-order chi connectivity index (χ1) is 10.1. The summed E-state index contributed by atoms with van der Waals surface area (Å²) in [6, 6.07) is 5.79. The Morgan fingerprint density at radius 1 is 1.24 bits per heavy atom. The van der Waals surface area contributed by atoms with Crippen LogP contribution in [0.15, 0.2) is 18.2 Å². The molecule has 1 aromatic rings. The minimum Gasteiger partial charge on any atom is -0.350 e. The number of aryl methyl sites for hydroxylation is 2. The molecule has 0 aromatic heterocycles. The maximum absolute atomic E-state index is 12.1. The Labute approximate surface area is 127 Å². The largest absolute Gasteiger partial charge is 0.350 e. The molecule has 1 fully saturated rings. The lowest BCUT2D eigenvalue weighted by molar-refractivity contribution is -0.124. The van der Waals surface area contributed by atoms with Gasteiger partial charge in [-0.25, -0.2) is 0 Å². The topological polar surface area (TPSA) is 66.5 Å². The molecule has 1 heterocycles. The Hall–Kier alpha value is -1.82. The van der Waals surface area contributed by atoms with Crippen LogP contribution in [0.2, 0.25) is 0 Å². The number of benzene rings is 1. The lowest BCUT2D eigenvalue weighted by Crippen LogP contribution is -2.37. The van der Waals surface area contributed by atoms with Crippen molar-refractivity contribution in [2.75, 3.05) is 18.8 Å². The van der Waals surface area contributed by atoms with Crippen LogP contribution >= 0.6 is 11.8 Å². The summed E-state index contributed by atoms with van der Waals surface area (Å²) in [4.78, 5) is 36.1. The van der Waals surface area contributed by atoms with Crippen molar-refractivity contribution < 1.29 is 14.4 Å². The molecular weight excluding hydrogens is 288 g/mol. The zero-order chi connectivity index (χ0) is 14.8. The number of fused-ring (bicyclic) bond motifs is 1. The van der Waals surface area contributed by atoms with Gasteiger partial charge in [0.25, 0.3) is 11.1 Å². The van der Waals surface area contributed by atoms with E-state index in [0.29, 0.717) is 5.56 Å². The Morgan fingerprint density at radius 2 is 2.05 bits per heavy atom. The number of nitrogens with one attached hydrogen (secondary N) is 1. The number of thioether (sulfide) groups is 1. The van der Waals surface area contributed by atoms with Crippen LogP contribution in [0.1, 0.15) is 27.9 Å². The van der Waals surface area contributed by atoms with E-state index >= 15 is 0 Å². The number of hydrogen-bond acceptors (Lipinski definition) is 4. The SMILES string of the molecule is O=C(NCCN1C(=O)CSC1=O)c1ccc2c(c1)CCC2. The summed E-state index contributed by atoms with van der Waals surface area (Å²) >= 11 is 1.01. The molecule has 0 spiro atoms. The normalized spacial score (nSPS) is 17.2. The van der Waals surface area contributed by atoms with Crippen LogP contribution in [-0.2, 0) is 17.6 Å². The van der Waals surface area contributed by atoms with E-state index in [1.165, 1.54) is 16.0 Å². The zero-order valence-electron chi connectivity index (χ0n) is 11.6. The lowest BCUT2D eigenvalue weighted by Gasteiger charge is -2.13. The van der Waals surface area contributed by atoms with Crippen molar-refractivity contribution in [2.24, 2.45) is 0 Å². The molecule has 21 heavy (non-hydrogen) atoms. The highest BCUT2D eigenvalue weighted by Crippen LogP contribution is 2.22. The second kappa shape index (κ2) is 5.89. The Morgan fingerprint density at radius 3 is 2.81 bits per heavy atom. The van der Waals surface area contributed by atoms with Gasteiger partial charge in [-0.05, 0) is 42.5 Å². The van der Waals surface area contributed by atoms with Crippen molar-refractivity contribution in [2.45, 2.75) is 19.3 Å². The molecule has 0 unspecified atom stereocenters. The maximum atomic E-state index is 12.1. The number of carbonyl (C=O) groups is 3. The maximum Gasteiger partial charge on any atom is 0.288 e. The molecule has 1 aromatic carbocycles. The molecule has 110 valence electrons. The molecule has 0 radical (unpaired) electrons. The minimum atomic E-state index is -0.230. The molecule has 3 amide bonds. The van der Waals surface area contributed by atoms with Gasteiger partial charge in [0.1, 0.15) is 0 Å². The molecule has 0 atom stereocenters. The average molecular weight is 304 g/mol. The van der Waals surface area contributed by atoms with Gasteiger partial charge < -0.3 is 5.32 Å². The number of nitrogens with zero attached hydrogens (tertiary/aromatic N) is 1. The van der Waals surface area contributed by atoms with Crippen LogP contribution in [0.4, 0.5) is 4.79 Å². The fourth-order valence-corrected chi connectivity index (χ4v) is 3.45. The summed E-state index contributed by atoms with van der Waals surface area (Å²) in [5, 5.41) is 2.53. The Kier molecular flexibility index (Phi) is 3.96. The first kappa shape index (κ1) is 14.1. The van der Waals surface area contributed by atoms with E-state index in [9.17, 15) is 14.4 Å². The third kappa shape index (κ3) is 2.95. The fraction of sp³-hybridized carbons (Fsp3) is 0.400. The molecule has 2 aliphatic rings. The summed E-state index contributed by atoms with van der Waals surface area (Å²) in [6.45, 7) is 0.523. The highest BCUT2D eigenvalue weighted by atomic mass is 32.2. The molecule has 0 saturated carbocycles. The Bertz CT molecular complexity index is 599. The van der Waals surface area contributed by atoms with Crippen molar-refractivity contribution in [1.29, 1.82) is 0 Å². The van der Waals surface area contributed by atoms with E-state index in [1.54, 1.807) is 0 Å². The van der Waals surface area contributed by atoms with Crippen LogP contribution < -0.4 is 5.32 Å². The number of carbonyl (C=O) groups excluding carboxylic acids is 3. The molecule has 3 rings (SSSR count). The number of amides is 3. The van der Waals surface area contributed by atoms with Crippen LogP contribution in [0.25, 0.3) is 0 Å². The highest BCUT2D eigenvalue weighted by molar-refractivity contribution is 8.14. The van der Waals surface area contributed by atoms with Gasteiger partial charge in [-0.3, -0.25) is 19.3 Å². The first-order valence-electron chi connectivity index (χ1n) is 7.02. The number of hydrogen-bond donors (Lipinski definition) is 1. The second-order valence-electron chi connectivity index (χ2n) is 5.19. The van der Waals surface area contributed by atoms with Gasteiger partial charge in [-0.15, -0.1) is 0 Å². The molecular formula is C15H16N2O3S. The zero-order valence-corrected chi connectivity index (χ0v) is 12.4. The van der Waals surface area contributed by atoms with Gasteiger partial charge in [-0.2, -0.15) is 0 Å². The molecule has 1 N–H and O–H groups in total. The van der Waals surface area contributed by atoms with E-state index in [4.69, 9.17) is 0 Å². The van der Waals surface area contributed by atoms with Gasteiger partial charge in [-0.1, -0.05) is 17.8 Å². The van der Waals surface area contributed by atoms with E-state index in [1.807, 2.05) is 18.2 Å². The molecule has 1 aliphatic heterocycles. The van der Waals surface area contributed by atoms with Gasteiger partial charge >= 0.3 is 0 Å². The van der Waals surface area contributed by atoms with Crippen LogP contribution in [0.5, 0.6) is 0 Å². The van der Waals surface area contributed by atoms with Gasteiger partial charge in [0.05, 0.1) is 5.75 Å². The number of imide groups is 1. The predicted molar refractivity (Wildman–Crippen MR) is 80.4 cm³/mol. The predicted octanol–water partition coefficient (Wildman–Crippen LogP) is 1.60. The third-order valence-electron chi connectivity index (χ3n) is 3.82. The van der Waals surface area contributed by atoms with Gasteiger partial charge in [0.15, 0.2) is 0 Å². The minimum absolute atomic E-state index is 0.156. The van der Waals surface area contributed by atoms with Crippen LogP contribution in [0.3, 0.4) is 0 Å². The second-order valence-corrected chi connectivity index (χ2v) is 6.12. The number of rotatable bonds is 4. The molecule has 1 aliphatic carbocycles. The molecule has 0 bridgehead atoms. The summed E-state index contributed by atoms with van der Waals surface area (Å²) < 4.78 is 0. The average Bonchev–Trinajstić information content (AvgIpc) is 3.07. The van der Waals surface area contributed by atoms with Crippen molar-refractivity contribution in [3.63, 3.8) is 0 Å². The summed E-state index contributed by atoms with van der Waals surface area (Å²) in [7, 11) is 0. The van der Waals surface area contributed by atoms with E-state index in [0.717, 1.165) is 31.0 Å². The molecule has 5 nitrogen and oxygen atoms in total.